The number of ketones is 2. The number of fused-ring (bicyclic) bond motifs is 1. The van der Waals surface area contributed by atoms with E-state index >= 15 is 0 Å². The molecule has 10 heteroatoms. The van der Waals surface area contributed by atoms with Crippen molar-refractivity contribution in [3.05, 3.63) is 57.9 Å². The molecule has 1 N–H and O–H groups in total. The molecule has 1 aromatic heterocycles. The molecule has 4 rings (SSSR count). The summed E-state index contributed by atoms with van der Waals surface area (Å²) in [5, 5.41) is 15.6. The van der Waals surface area contributed by atoms with Crippen LogP contribution in [-0.4, -0.2) is 59.5 Å². The first kappa shape index (κ1) is 22.9. The quantitative estimate of drug-likeness (QED) is 0.517. The Morgan fingerprint density at radius 1 is 1.21 bits per heavy atom. The minimum Gasteiger partial charge on any atom is -0.507 e. The standard InChI is InChI=1S/C23H24N2O7S/c1-12-19(13(2)25(24-12)14-8-9-33(30,31)11-14)17(10-18(26)32-3)20-21(27)15-6-4-5-7-16(15)22(28)23(20)29/h4-7,14,17,27H,8-11H2,1-3H3. The molecule has 2 heterocycles. The molecule has 1 fully saturated rings. The van der Waals surface area contributed by atoms with Crippen LogP contribution in [0.2, 0.25) is 0 Å². The highest BCUT2D eigenvalue weighted by Crippen LogP contribution is 2.41. The highest BCUT2D eigenvalue weighted by Gasteiger charge is 2.41. The Kier molecular flexibility index (Phi) is 5.73. The van der Waals surface area contributed by atoms with Crippen molar-refractivity contribution in [2.75, 3.05) is 18.6 Å². The van der Waals surface area contributed by atoms with Crippen LogP contribution < -0.4 is 0 Å². The van der Waals surface area contributed by atoms with E-state index in [0.717, 1.165) is 0 Å². The lowest BCUT2D eigenvalue weighted by molar-refractivity contribution is -0.140. The molecule has 1 aliphatic heterocycles. The number of methoxy groups -OCH3 is 1. The van der Waals surface area contributed by atoms with Gasteiger partial charge in [0.05, 0.1) is 42.3 Å². The number of aliphatic hydroxyl groups is 1. The van der Waals surface area contributed by atoms with Crippen molar-refractivity contribution < 1.29 is 32.6 Å². The van der Waals surface area contributed by atoms with Gasteiger partial charge in [-0.25, -0.2) is 8.42 Å². The third-order valence-electron chi connectivity index (χ3n) is 6.36. The number of nitrogens with zero attached hydrogens (tertiary/aromatic N) is 2. The highest BCUT2D eigenvalue weighted by molar-refractivity contribution is 7.91. The summed E-state index contributed by atoms with van der Waals surface area (Å²) < 4.78 is 30.4. The highest BCUT2D eigenvalue weighted by atomic mass is 32.2. The molecule has 0 bridgehead atoms. The summed E-state index contributed by atoms with van der Waals surface area (Å²) in [5.41, 5.74) is 1.67. The van der Waals surface area contributed by atoms with Crippen molar-refractivity contribution in [1.82, 2.24) is 9.78 Å². The molecule has 33 heavy (non-hydrogen) atoms. The van der Waals surface area contributed by atoms with Gasteiger partial charge in [0.2, 0.25) is 11.6 Å². The third-order valence-corrected chi connectivity index (χ3v) is 8.11. The Morgan fingerprint density at radius 2 is 1.88 bits per heavy atom. The van der Waals surface area contributed by atoms with Crippen LogP contribution in [0.15, 0.2) is 29.8 Å². The first-order valence-electron chi connectivity index (χ1n) is 10.5. The van der Waals surface area contributed by atoms with E-state index in [1.165, 1.54) is 19.2 Å². The third kappa shape index (κ3) is 3.88. The topological polar surface area (TPSA) is 133 Å². The summed E-state index contributed by atoms with van der Waals surface area (Å²) in [6, 6.07) is 5.87. The Morgan fingerprint density at radius 3 is 2.48 bits per heavy atom. The molecule has 2 aliphatic rings. The number of rotatable bonds is 5. The molecular formula is C23H24N2O7S. The average Bonchev–Trinajstić information content (AvgIpc) is 3.29. The lowest BCUT2D eigenvalue weighted by Crippen LogP contribution is -2.29. The van der Waals surface area contributed by atoms with Crippen LogP contribution >= 0.6 is 0 Å². The predicted octanol–water partition coefficient (Wildman–Crippen LogP) is 2.24. The summed E-state index contributed by atoms with van der Waals surface area (Å²) >= 11 is 0. The van der Waals surface area contributed by atoms with Gasteiger partial charge in [-0.3, -0.25) is 19.1 Å². The second-order valence-electron chi connectivity index (χ2n) is 8.38. The van der Waals surface area contributed by atoms with Gasteiger partial charge < -0.3 is 9.84 Å². The van der Waals surface area contributed by atoms with Crippen molar-refractivity contribution in [1.29, 1.82) is 0 Å². The summed E-state index contributed by atoms with van der Waals surface area (Å²) in [4.78, 5) is 38.3. The fourth-order valence-corrected chi connectivity index (χ4v) is 6.50. The summed E-state index contributed by atoms with van der Waals surface area (Å²) in [6.45, 7) is 3.42. The second kappa shape index (κ2) is 8.26. The monoisotopic (exact) mass is 472 g/mol. The number of esters is 1. The molecular weight excluding hydrogens is 448 g/mol. The summed E-state index contributed by atoms with van der Waals surface area (Å²) in [5.74, 6) is -3.63. The fraction of sp³-hybridized carbons (Fsp3) is 0.391. The Labute approximate surface area is 191 Å². The van der Waals surface area contributed by atoms with Crippen LogP contribution in [0.4, 0.5) is 0 Å². The number of aromatic nitrogens is 2. The summed E-state index contributed by atoms with van der Waals surface area (Å²) in [6.07, 6.45) is 0.109. The van der Waals surface area contributed by atoms with Crippen molar-refractivity contribution in [2.45, 2.75) is 38.6 Å². The van der Waals surface area contributed by atoms with Gasteiger partial charge in [-0.15, -0.1) is 0 Å². The number of sulfone groups is 1. The number of aryl methyl sites for hydroxylation is 1. The number of aliphatic hydroxyl groups excluding tert-OH is 1. The van der Waals surface area contributed by atoms with Gasteiger partial charge in [0.15, 0.2) is 9.84 Å². The van der Waals surface area contributed by atoms with Gasteiger partial charge in [0.25, 0.3) is 0 Å². The van der Waals surface area contributed by atoms with Gasteiger partial charge in [0, 0.05) is 28.3 Å². The molecule has 2 atom stereocenters. The zero-order chi connectivity index (χ0) is 24.1. The van der Waals surface area contributed by atoms with Crippen LogP contribution in [-0.2, 0) is 24.2 Å². The van der Waals surface area contributed by atoms with Gasteiger partial charge in [-0.05, 0) is 20.3 Å². The number of benzene rings is 1. The Balaban J connectivity index is 1.89. The van der Waals surface area contributed by atoms with Crippen LogP contribution in [0.25, 0.3) is 5.76 Å². The molecule has 1 aromatic carbocycles. The predicted molar refractivity (Wildman–Crippen MR) is 119 cm³/mol. The van der Waals surface area contributed by atoms with Crippen molar-refractivity contribution >= 4 is 33.1 Å². The van der Waals surface area contributed by atoms with E-state index in [9.17, 15) is 27.9 Å². The van der Waals surface area contributed by atoms with E-state index in [4.69, 9.17) is 4.74 Å². The largest absolute Gasteiger partial charge is 0.507 e. The number of hydrogen-bond acceptors (Lipinski definition) is 8. The zero-order valence-corrected chi connectivity index (χ0v) is 19.3. The first-order chi connectivity index (χ1) is 15.6. The summed E-state index contributed by atoms with van der Waals surface area (Å²) in [7, 11) is -1.96. The Bertz CT molecular complexity index is 1320. The number of Topliss-reactive ketones (excluding diaryl/α,β-unsaturated/α-hetero) is 2. The van der Waals surface area contributed by atoms with Crippen molar-refractivity contribution in [2.24, 2.45) is 0 Å². The number of allylic oxidation sites excluding steroid dienone is 1. The lowest BCUT2D eigenvalue weighted by atomic mass is 9.77. The molecule has 1 saturated heterocycles. The number of carbonyl (C=O) groups is 3. The molecule has 0 amide bonds. The molecule has 9 nitrogen and oxygen atoms in total. The molecule has 174 valence electrons. The molecule has 0 saturated carbocycles. The van der Waals surface area contributed by atoms with E-state index in [1.54, 1.807) is 30.7 Å². The minimum atomic E-state index is -3.17. The lowest BCUT2D eigenvalue weighted by Gasteiger charge is -2.25. The molecule has 2 aromatic rings. The number of hydrogen-bond donors (Lipinski definition) is 1. The van der Waals surface area contributed by atoms with Gasteiger partial charge in [-0.2, -0.15) is 5.10 Å². The zero-order valence-electron chi connectivity index (χ0n) is 18.5. The number of ether oxygens (including phenoxy) is 1. The second-order valence-corrected chi connectivity index (χ2v) is 10.6. The van der Waals surface area contributed by atoms with Crippen LogP contribution in [0.5, 0.6) is 0 Å². The van der Waals surface area contributed by atoms with Gasteiger partial charge >= 0.3 is 5.97 Å². The minimum absolute atomic E-state index is 0.0468. The maximum absolute atomic E-state index is 13.1. The SMILES string of the molecule is COC(=O)CC(C1=C(O)c2ccccc2C(=O)C1=O)c1c(C)nn(C2CCS(=O)(=O)C2)c1C. The van der Waals surface area contributed by atoms with Crippen molar-refractivity contribution in [3.63, 3.8) is 0 Å². The normalized spacial score (nSPS) is 20.6. The fourth-order valence-electron chi connectivity index (χ4n) is 4.81. The van der Waals surface area contributed by atoms with Gasteiger partial charge in [-0.1, -0.05) is 24.3 Å². The van der Waals surface area contributed by atoms with E-state index in [2.05, 4.69) is 5.10 Å². The molecule has 1 aliphatic carbocycles. The molecule has 0 spiro atoms. The van der Waals surface area contributed by atoms with E-state index in [-0.39, 0.29) is 46.4 Å². The maximum Gasteiger partial charge on any atom is 0.306 e. The smallest absolute Gasteiger partial charge is 0.306 e. The van der Waals surface area contributed by atoms with Crippen LogP contribution in [0.1, 0.15) is 57.7 Å². The van der Waals surface area contributed by atoms with Crippen LogP contribution in [0, 0.1) is 13.8 Å². The number of carbonyl (C=O) groups excluding carboxylic acids is 3. The van der Waals surface area contributed by atoms with E-state index in [0.29, 0.717) is 23.4 Å². The average molecular weight is 473 g/mol. The van der Waals surface area contributed by atoms with E-state index in [1.807, 2.05) is 0 Å². The van der Waals surface area contributed by atoms with Crippen LogP contribution in [0.3, 0.4) is 0 Å². The first-order valence-corrected chi connectivity index (χ1v) is 12.3. The van der Waals surface area contributed by atoms with E-state index < -0.39 is 33.3 Å². The maximum atomic E-state index is 13.1. The van der Waals surface area contributed by atoms with Crippen molar-refractivity contribution in [3.8, 4) is 0 Å². The van der Waals surface area contributed by atoms with Gasteiger partial charge in [0.1, 0.15) is 5.76 Å². The molecule has 0 radical (unpaired) electrons. The molecule has 2 unspecified atom stereocenters. The Hall–Kier alpha value is -3.27.